The summed E-state index contributed by atoms with van der Waals surface area (Å²) in [4.78, 5) is 11.8. The van der Waals surface area contributed by atoms with Crippen LogP contribution in [0.4, 0.5) is 0 Å². The van der Waals surface area contributed by atoms with Crippen LogP contribution in [-0.4, -0.2) is 12.1 Å². The van der Waals surface area contributed by atoms with Gasteiger partial charge < -0.3 is 0 Å². The van der Waals surface area contributed by atoms with E-state index >= 15 is 0 Å². The summed E-state index contributed by atoms with van der Waals surface area (Å²) in [7, 11) is 0. The van der Waals surface area contributed by atoms with E-state index in [-0.39, 0.29) is 5.91 Å². The van der Waals surface area contributed by atoms with Crippen LogP contribution in [0.5, 0.6) is 0 Å². The van der Waals surface area contributed by atoms with E-state index in [1.807, 2.05) is 55.5 Å². The number of carbonyl (C=O) groups excluding carboxylic acids is 1. The summed E-state index contributed by atoms with van der Waals surface area (Å²) in [6, 6.07) is 17.0. The molecule has 0 radical (unpaired) electrons. The van der Waals surface area contributed by atoms with Gasteiger partial charge in [-0.25, -0.2) is 5.43 Å². The van der Waals surface area contributed by atoms with Crippen LogP contribution in [0.15, 0.2) is 59.7 Å². The Morgan fingerprint density at radius 3 is 2.61 bits per heavy atom. The summed E-state index contributed by atoms with van der Waals surface area (Å²) in [5, 5.41) is 3.92. The molecule has 0 aromatic heterocycles. The average Bonchev–Trinajstić information content (AvgIpc) is 2.40. The number of amides is 1. The second-order valence-electron chi connectivity index (χ2n) is 3.98. The molecule has 1 amide bonds. The molecular weight excluding hydrogens is 224 g/mol. The Kier molecular flexibility index (Phi) is 3.86. The van der Waals surface area contributed by atoms with Crippen LogP contribution >= 0.6 is 0 Å². The molecule has 3 heteroatoms. The van der Waals surface area contributed by atoms with Crippen molar-refractivity contribution in [2.24, 2.45) is 5.10 Å². The van der Waals surface area contributed by atoms with E-state index in [0.29, 0.717) is 5.56 Å². The summed E-state index contributed by atoms with van der Waals surface area (Å²) in [5.41, 5.74) is 5.11. The summed E-state index contributed by atoms with van der Waals surface area (Å²) >= 11 is 0. The largest absolute Gasteiger partial charge is 0.271 e. The minimum atomic E-state index is -0.203. The highest BCUT2D eigenvalue weighted by molar-refractivity contribution is 5.95. The maximum Gasteiger partial charge on any atom is 0.271 e. The van der Waals surface area contributed by atoms with Crippen LogP contribution in [0.1, 0.15) is 21.5 Å². The Hall–Kier alpha value is -2.42. The standard InChI is InChI=1S/C15H14N2O/c1-12-6-5-9-14(10-12)15(18)17-16-11-13-7-3-2-4-8-13/h2-11H,1H3,(H,17,18)/b16-11+. The van der Waals surface area contributed by atoms with Crippen molar-refractivity contribution < 1.29 is 4.79 Å². The summed E-state index contributed by atoms with van der Waals surface area (Å²) in [5.74, 6) is -0.203. The van der Waals surface area contributed by atoms with Gasteiger partial charge in [0.2, 0.25) is 0 Å². The molecule has 0 heterocycles. The lowest BCUT2D eigenvalue weighted by molar-refractivity contribution is 0.0955. The summed E-state index contributed by atoms with van der Waals surface area (Å²) in [6.07, 6.45) is 1.62. The average molecular weight is 238 g/mol. The molecule has 3 nitrogen and oxygen atoms in total. The normalized spacial score (nSPS) is 10.5. The first kappa shape index (κ1) is 12.0. The van der Waals surface area contributed by atoms with Gasteiger partial charge in [0.15, 0.2) is 0 Å². The second-order valence-corrected chi connectivity index (χ2v) is 3.98. The molecule has 2 aromatic rings. The van der Waals surface area contributed by atoms with Crippen molar-refractivity contribution in [3.05, 3.63) is 71.3 Å². The molecule has 0 saturated carbocycles. The minimum absolute atomic E-state index is 0.203. The summed E-state index contributed by atoms with van der Waals surface area (Å²) < 4.78 is 0. The minimum Gasteiger partial charge on any atom is -0.267 e. The molecule has 0 saturated heterocycles. The Morgan fingerprint density at radius 2 is 1.89 bits per heavy atom. The molecule has 0 aliphatic heterocycles. The van der Waals surface area contributed by atoms with Gasteiger partial charge in [0, 0.05) is 5.56 Å². The number of hydrazone groups is 1. The van der Waals surface area contributed by atoms with E-state index in [1.165, 1.54) is 0 Å². The number of benzene rings is 2. The first-order valence-electron chi connectivity index (χ1n) is 5.71. The molecule has 0 spiro atoms. The lowest BCUT2D eigenvalue weighted by Crippen LogP contribution is -2.17. The Labute approximate surface area is 106 Å². The van der Waals surface area contributed by atoms with Gasteiger partial charge >= 0.3 is 0 Å². The molecule has 18 heavy (non-hydrogen) atoms. The topological polar surface area (TPSA) is 41.5 Å². The second kappa shape index (κ2) is 5.77. The molecule has 0 bridgehead atoms. The molecule has 0 atom stereocenters. The monoisotopic (exact) mass is 238 g/mol. The van der Waals surface area contributed by atoms with Crippen LogP contribution < -0.4 is 5.43 Å². The zero-order valence-electron chi connectivity index (χ0n) is 10.1. The van der Waals surface area contributed by atoms with Gasteiger partial charge in [-0.15, -0.1) is 0 Å². The lowest BCUT2D eigenvalue weighted by Gasteiger charge is -2.00. The fourth-order valence-corrected chi connectivity index (χ4v) is 1.56. The smallest absolute Gasteiger partial charge is 0.267 e. The van der Waals surface area contributed by atoms with Crippen molar-refractivity contribution in [3.63, 3.8) is 0 Å². The third-order valence-corrected chi connectivity index (χ3v) is 2.46. The van der Waals surface area contributed by atoms with Crippen molar-refractivity contribution in [2.75, 3.05) is 0 Å². The maximum atomic E-state index is 11.8. The molecule has 0 fully saturated rings. The van der Waals surface area contributed by atoms with Gasteiger partial charge in [-0.05, 0) is 24.6 Å². The van der Waals surface area contributed by atoms with Crippen LogP contribution in [0.2, 0.25) is 0 Å². The van der Waals surface area contributed by atoms with Crippen LogP contribution in [0.3, 0.4) is 0 Å². The number of carbonyl (C=O) groups is 1. The molecule has 1 N–H and O–H groups in total. The summed E-state index contributed by atoms with van der Waals surface area (Å²) in [6.45, 7) is 1.95. The molecule has 90 valence electrons. The molecule has 0 aliphatic rings. The number of nitrogens with zero attached hydrogens (tertiary/aromatic N) is 1. The Bertz CT molecular complexity index is 562. The van der Waals surface area contributed by atoms with E-state index < -0.39 is 0 Å². The Balaban J connectivity index is 1.99. The SMILES string of the molecule is Cc1cccc(C(=O)N/N=C/c2ccccc2)c1. The predicted molar refractivity (Wildman–Crippen MR) is 72.7 cm³/mol. The van der Waals surface area contributed by atoms with E-state index in [1.54, 1.807) is 12.3 Å². The highest BCUT2D eigenvalue weighted by Crippen LogP contribution is 2.03. The fraction of sp³-hybridized carbons (Fsp3) is 0.0667. The number of nitrogens with one attached hydrogen (secondary N) is 1. The molecule has 2 aromatic carbocycles. The number of hydrogen-bond donors (Lipinski definition) is 1. The maximum absolute atomic E-state index is 11.8. The van der Waals surface area contributed by atoms with E-state index in [9.17, 15) is 4.79 Å². The third-order valence-electron chi connectivity index (χ3n) is 2.46. The van der Waals surface area contributed by atoms with Gasteiger partial charge in [0.05, 0.1) is 6.21 Å². The first-order valence-corrected chi connectivity index (χ1v) is 5.71. The molecule has 0 unspecified atom stereocenters. The van der Waals surface area contributed by atoms with E-state index in [4.69, 9.17) is 0 Å². The highest BCUT2D eigenvalue weighted by atomic mass is 16.2. The molecule has 2 rings (SSSR count). The number of rotatable bonds is 3. The van der Waals surface area contributed by atoms with Crippen molar-refractivity contribution in [2.45, 2.75) is 6.92 Å². The number of aryl methyl sites for hydroxylation is 1. The van der Waals surface area contributed by atoms with Crippen LogP contribution in [0, 0.1) is 6.92 Å². The van der Waals surface area contributed by atoms with Crippen molar-refractivity contribution in [1.82, 2.24) is 5.43 Å². The first-order chi connectivity index (χ1) is 8.75. The lowest BCUT2D eigenvalue weighted by atomic mass is 10.1. The van der Waals surface area contributed by atoms with E-state index in [0.717, 1.165) is 11.1 Å². The zero-order valence-corrected chi connectivity index (χ0v) is 10.1. The van der Waals surface area contributed by atoms with Crippen molar-refractivity contribution in [1.29, 1.82) is 0 Å². The van der Waals surface area contributed by atoms with Gasteiger partial charge in [-0.3, -0.25) is 4.79 Å². The number of hydrogen-bond acceptors (Lipinski definition) is 2. The van der Waals surface area contributed by atoms with E-state index in [2.05, 4.69) is 10.5 Å². The predicted octanol–water partition coefficient (Wildman–Crippen LogP) is 2.76. The van der Waals surface area contributed by atoms with Crippen LogP contribution in [0.25, 0.3) is 0 Å². The molecule has 0 aliphatic carbocycles. The molecular formula is C15H14N2O. The van der Waals surface area contributed by atoms with Crippen molar-refractivity contribution in [3.8, 4) is 0 Å². The van der Waals surface area contributed by atoms with Gasteiger partial charge in [-0.1, -0.05) is 48.0 Å². The Morgan fingerprint density at radius 1 is 1.11 bits per heavy atom. The highest BCUT2D eigenvalue weighted by Gasteiger charge is 2.02. The third kappa shape index (κ3) is 3.28. The van der Waals surface area contributed by atoms with Gasteiger partial charge in [0.25, 0.3) is 5.91 Å². The van der Waals surface area contributed by atoms with Crippen LogP contribution in [-0.2, 0) is 0 Å². The van der Waals surface area contributed by atoms with Gasteiger partial charge in [-0.2, -0.15) is 5.10 Å². The quantitative estimate of drug-likeness (QED) is 0.648. The zero-order chi connectivity index (χ0) is 12.8. The van der Waals surface area contributed by atoms with Gasteiger partial charge in [0.1, 0.15) is 0 Å². The fourth-order valence-electron chi connectivity index (χ4n) is 1.56. The van der Waals surface area contributed by atoms with Crippen molar-refractivity contribution >= 4 is 12.1 Å².